The first-order valence-electron chi connectivity index (χ1n) is 4.88. The monoisotopic (exact) mass is 291 g/mol. The van der Waals surface area contributed by atoms with Gasteiger partial charge in [0.25, 0.3) is 0 Å². The fourth-order valence-corrected chi connectivity index (χ4v) is 2.50. The normalized spacial score (nSPS) is 11.1. The topological polar surface area (TPSA) is 12.9 Å². The number of halogens is 2. The van der Waals surface area contributed by atoms with E-state index in [4.69, 9.17) is 11.6 Å². The summed E-state index contributed by atoms with van der Waals surface area (Å²) in [5.74, 6) is 0. The third-order valence-electron chi connectivity index (χ3n) is 2.66. The van der Waals surface area contributed by atoms with E-state index in [1.54, 1.807) is 6.20 Å². The lowest BCUT2D eigenvalue weighted by Crippen LogP contribution is -1.82. The molecule has 0 amide bonds. The van der Waals surface area contributed by atoms with Gasteiger partial charge in [0.2, 0.25) is 0 Å². The van der Waals surface area contributed by atoms with Gasteiger partial charge in [-0.25, -0.2) is 4.98 Å². The third kappa shape index (κ3) is 1.49. The van der Waals surface area contributed by atoms with Crippen molar-refractivity contribution in [2.45, 2.75) is 0 Å². The van der Waals surface area contributed by atoms with Crippen LogP contribution in [-0.4, -0.2) is 4.98 Å². The van der Waals surface area contributed by atoms with Gasteiger partial charge in [0.05, 0.1) is 0 Å². The lowest BCUT2D eigenvalue weighted by molar-refractivity contribution is 1.35. The van der Waals surface area contributed by atoms with Gasteiger partial charge in [0.15, 0.2) is 0 Å². The van der Waals surface area contributed by atoms with Crippen molar-refractivity contribution in [3.63, 3.8) is 0 Å². The van der Waals surface area contributed by atoms with Crippen LogP contribution in [0.25, 0.3) is 21.5 Å². The summed E-state index contributed by atoms with van der Waals surface area (Å²) in [6, 6.07) is 12.4. The maximum atomic E-state index is 6.10. The lowest BCUT2D eigenvalue weighted by Gasteiger charge is -2.05. The highest BCUT2D eigenvalue weighted by atomic mass is 79.9. The van der Waals surface area contributed by atoms with E-state index in [1.807, 2.05) is 12.1 Å². The number of nitrogens with zero attached hydrogens (tertiary/aromatic N) is 1. The van der Waals surface area contributed by atoms with E-state index in [2.05, 4.69) is 45.2 Å². The van der Waals surface area contributed by atoms with Crippen LogP contribution in [0.3, 0.4) is 0 Å². The third-order valence-corrected chi connectivity index (χ3v) is 3.59. The van der Waals surface area contributed by atoms with E-state index in [1.165, 1.54) is 10.8 Å². The van der Waals surface area contributed by atoms with Crippen molar-refractivity contribution < 1.29 is 0 Å². The highest BCUT2D eigenvalue weighted by Gasteiger charge is 2.05. The molecule has 0 aliphatic carbocycles. The van der Waals surface area contributed by atoms with Crippen LogP contribution in [0, 0.1) is 0 Å². The molecule has 0 bridgehead atoms. The van der Waals surface area contributed by atoms with Crippen LogP contribution in [-0.2, 0) is 0 Å². The van der Waals surface area contributed by atoms with E-state index in [0.29, 0.717) is 5.15 Å². The minimum absolute atomic E-state index is 0.545. The second-order valence-electron chi connectivity index (χ2n) is 3.64. The Balaban J connectivity index is 2.56. The van der Waals surface area contributed by atoms with Gasteiger partial charge in [0, 0.05) is 21.4 Å². The van der Waals surface area contributed by atoms with Crippen molar-refractivity contribution in [2.24, 2.45) is 0 Å². The van der Waals surface area contributed by atoms with Crippen molar-refractivity contribution in [1.29, 1.82) is 0 Å². The maximum absolute atomic E-state index is 6.10. The van der Waals surface area contributed by atoms with Crippen molar-refractivity contribution in [1.82, 2.24) is 4.98 Å². The molecule has 1 nitrogen and oxygen atoms in total. The summed E-state index contributed by atoms with van der Waals surface area (Å²) in [6.07, 6.45) is 1.74. The first-order chi connectivity index (χ1) is 7.75. The zero-order chi connectivity index (χ0) is 11.1. The number of rotatable bonds is 0. The van der Waals surface area contributed by atoms with Crippen molar-refractivity contribution in [2.75, 3.05) is 0 Å². The van der Waals surface area contributed by atoms with Gasteiger partial charge in [-0.05, 0) is 38.8 Å². The Labute approximate surface area is 106 Å². The molecular formula is C13H7BrClN. The summed E-state index contributed by atoms with van der Waals surface area (Å²) in [7, 11) is 0. The molecule has 3 rings (SSSR count). The summed E-state index contributed by atoms with van der Waals surface area (Å²) in [4.78, 5) is 4.13. The lowest BCUT2D eigenvalue weighted by atomic mass is 10.1. The molecule has 0 radical (unpaired) electrons. The van der Waals surface area contributed by atoms with E-state index in [-0.39, 0.29) is 0 Å². The molecule has 0 aliphatic heterocycles. The Morgan fingerprint density at radius 2 is 1.62 bits per heavy atom. The number of fused-ring (bicyclic) bond motifs is 2. The van der Waals surface area contributed by atoms with Gasteiger partial charge in [-0.3, -0.25) is 0 Å². The molecule has 2 aromatic carbocycles. The largest absolute Gasteiger partial charge is 0.243 e. The van der Waals surface area contributed by atoms with Gasteiger partial charge in [-0.2, -0.15) is 0 Å². The van der Waals surface area contributed by atoms with Crippen LogP contribution in [0.4, 0.5) is 0 Å². The Morgan fingerprint density at radius 1 is 1.00 bits per heavy atom. The first-order valence-corrected chi connectivity index (χ1v) is 6.05. The zero-order valence-electron chi connectivity index (χ0n) is 8.24. The Bertz CT molecular complexity index is 634. The second-order valence-corrected chi connectivity index (χ2v) is 4.85. The second kappa shape index (κ2) is 3.72. The molecule has 78 valence electrons. The van der Waals surface area contributed by atoms with E-state index >= 15 is 0 Å². The number of hydrogen-bond acceptors (Lipinski definition) is 1. The van der Waals surface area contributed by atoms with Gasteiger partial charge in [-0.1, -0.05) is 35.9 Å². The molecule has 0 atom stereocenters. The maximum Gasteiger partial charge on any atom is 0.136 e. The molecule has 0 unspecified atom stereocenters. The quantitative estimate of drug-likeness (QED) is 0.428. The van der Waals surface area contributed by atoms with Gasteiger partial charge in [-0.15, -0.1) is 0 Å². The molecule has 0 spiro atoms. The fourth-order valence-electron chi connectivity index (χ4n) is 1.86. The SMILES string of the molecule is Clc1ncc(Br)c2cc3ccccc3cc12. The van der Waals surface area contributed by atoms with Crippen LogP contribution in [0.1, 0.15) is 0 Å². The first kappa shape index (κ1) is 10.1. The van der Waals surface area contributed by atoms with Crippen LogP contribution >= 0.6 is 27.5 Å². The standard InChI is InChI=1S/C13H7BrClN/c14-12-7-16-13(15)11-6-9-4-2-1-3-8(9)5-10(11)12/h1-7H. The minimum Gasteiger partial charge on any atom is -0.243 e. The summed E-state index contributed by atoms with van der Waals surface area (Å²) in [5, 5.41) is 5.01. The zero-order valence-corrected chi connectivity index (χ0v) is 10.6. The van der Waals surface area contributed by atoms with Crippen LogP contribution < -0.4 is 0 Å². The Kier molecular flexibility index (Phi) is 2.34. The molecule has 1 heterocycles. The van der Waals surface area contributed by atoms with Gasteiger partial charge >= 0.3 is 0 Å². The fraction of sp³-hybridized carbons (Fsp3) is 0. The average molecular weight is 293 g/mol. The summed E-state index contributed by atoms with van der Waals surface area (Å²) >= 11 is 9.59. The molecule has 3 heteroatoms. The smallest absolute Gasteiger partial charge is 0.136 e. The molecule has 3 aromatic rings. The minimum atomic E-state index is 0.545. The van der Waals surface area contributed by atoms with Crippen LogP contribution in [0.2, 0.25) is 5.15 Å². The number of aromatic nitrogens is 1. The van der Waals surface area contributed by atoms with Crippen molar-refractivity contribution in [3.8, 4) is 0 Å². The van der Waals surface area contributed by atoms with Gasteiger partial charge < -0.3 is 0 Å². The van der Waals surface area contributed by atoms with E-state index in [0.717, 1.165) is 15.2 Å². The number of pyridine rings is 1. The molecular weight excluding hydrogens is 286 g/mol. The van der Waals surface area contributed by atoms with Crippen molar-refractivity contribution >= 4 is 49.1 Å². The molecule has 1 aromatic heterocycles. The molecule has 0 aliphatic rings. The molecule has 0 N–H and O–H groups in total. The Hall–Kier alpha value is -1.12. The van der Waals surface area contributed by atoms with E-state index < -0.39 is 0 Å². The summed E-state index contributed by atoms with van der Waals surface area (Å²) in [5.41, 5.74) is 0. The molecule has 0 fully saturated rings. The average Bonchev–Trinajstić information content (AvgIpc) is 2.32. The summed E-state index contributed by atoms with van der Waals surface area (Å²) < 4.78 is 0.970. The molecule has 16 heavy (non-hydrogen) atoms. The van der Waals surface area contributed by atoms with Gasteiger partial charge in [0.1, 0.15) is 5.15 Å². The van der Waals surface area contributed by atoms with E-state index in [9.17, 15) is 0 Å². The number of hydrogen-bond donors (Lipinski definition) is 0. The van der Waals surface area contributed by atoms with Crippen LogP contribution in [0.15, 0.2) is 47.1 Å². The van der Waals surface area contributed by atoms with Crippen LogP contribution in [0.5, 0.6) is 0 Å². The molecule has 0 saturated carbocycles. The number of benzene rings is 2. The predicted octanol–water partition coefficient (Wildman–Crippen LogP) is 4.80. The Morgan fingerprint density at radius 3 is 2.31 bits per heavy atom. The predicted molar refractivity (Wildman–Crippen MR) is 72.0 cm³/mol. The summed E-state index contributed by atoms with van der Waals surface area (Å²) in [6.45, 7) is 0. The molecule has 0 saturated heterocycles. The van der Waals surface area contributed by atoms with Crippen molar-refractivity contribution in [3.05, 3.63) is 52.2 Å². The highest BCUT2D eigenvalue weighted by Crippen LogP contribution is 2.31. The highest BCUT2D eigenvalue weighted by molar-refractivity contribution is 9.10.